The second-order valence-corrected chi connectivity index (χ2v) is 8.92. The average Bonchev–Trinajstić information content (AvgIpc) is 2.87. The molecule has 1 atom stereocenters. The van der Waals surface area contributed by atoms with E-state index in [1.807, 2.05) is 50.2 Å². The molecule has 36 heavy (non-hydrogen) atoms. The molecule has 9 heteroatoms. The summed E-state index contributed by atoms with van der Waals surface area (Å²) in [6, 6.07) is 20.9. The maximum absolute atomic E-state index is 12.8. The average molecular weight is 597 g/mol. The zero-order valence-corrected chi connectivity index (χ0v) is 21.9. The summed E-state index contributed by atoms with van der Waals surface area (Å²) in [6.45, 7) is 4.16. The molecule has 0 aliphatic carbocycles. The van der Waals surface area contributed by atoms with Crippen molar-refractivity contribution >= 4 is 40.3 Å². The Labute approximate surface area is 222 Å². The van der Waals surface area contributed by atoms with Gasteiger partial charge in [0.15, 0.2) is 11.5 Å². The normalized spacial score (nSPS) is 11.8. The molecule has 3 rings (SSSR count). The molecule has 0 aromatic heterocycles. The highest BCUT2D eigenvalue weighted by atomic mass is 127. The summed E-state index contributed by atoms with van der Waals surface area (Å²) in [5, 5.41) is 23.5. The van der Waals surface area contributed by atoms with Crippen LogP contribution in [-0.2, 0) is 11.4 Å². The van der Waals surface area contributed by atoms with E-state index < -0.39 is 10.8 Å². The number of nitro benzene ring substituents is 1. The highest BCUT2D eigenvalue weighted by molar-refractivity contribution is 14.1. The molecular weight excluding hydrogens is 573 g/mol. The van der Waals surface area contributed by atoms with E-state index >= 15 is 0 Å². The zero-order valence-electron chi connectivity index (χ0n) is 19.7. The standard InChI is InChI=1S/C27H24IN3O5/c1-3-35-25-15-20(12-22(16-29)27(32)30-18(2)21-9-5-4-6-10-21)14-24(28)26(25)36-17-19-8-7-11-23(13-19)31(33)34/h4-15,18H,3,17H2,1-2H3,(H,30,32)/b22-12-/t18-/m1/s1. The minimum absolute atomic E-state index is 0.0137. The molecule has 0 aliphatic rings. The van der Waals surface area contributed by atoms with Crippen LogP contribution < -0.4 is 14.8 Å². The number of carbonyl (C=O) groups excluding carboxylic acids is 1. The van der Waals surface area contributed by atoms with E-state index in [-0.39, 0.29) is 23.9 Å². The van der Waals surface area contributed by atoms with Gasteiger partial charge in [0.25, 0.3) is 11.6 Å². The molecule has 0 spiro atoms. The highest BCUT2D eigenvalue weighted by Gasteiger charge is 2.17. The van der Waals surface area contributed by atoms with E-state index in [2.05, 4.69) is 27.9 Å². The van der Waals surface area contributed by atoms with E-state index in [9.17, 15) is 20.2 Å². The largest absolute Gasteiger partial charge is 0.490 e. The molecule has 0 saturated heterocycles. The molecule has 0 fully saturated rings. The first-order valence-corrected chi connectivity index (χ1v) is 12.2. The molecule has 1 N–H and O–H groups in total. The van der Waals surface area contributed by atoms with Gasteiger partial charge in [-0.25, -0.2) is 0 Å². The lowest BCUT2D eigenvalue weighted by molar-refractivity contribution is -0.384. The van der Waals surface area contributed by atoms with Gasteiger partial charge in [-0.3, -0.25) is 14.9 Å². The van der Waals surface area contributed by atoms with E-state index in [1.165, 1.54) is 18.2 Å². The van der Waals surface area contributed by atoms with Gasteiger partial charge in [-0.1, -0.05) is 42.5 Å². The molecule has 0 bridgehead atoms. The summed E-state index contributed by atoms with van der Waals surface area (Å²) in [4.78, 5) is 23.3. The fourth-order valence-electron chi connectivity index (χ4n) is 3.40. The number of carbonyl (C=O) groups is 1. The lowest BCUT2D eigenvalue weighted by Crippen LogP contribution is -2.27. The maximum Gasteiger partial charge on any atom is 0.269 e. The van der Waals surface area contributed by atoms with Gasteiger partial charge < -0.3 is 14.8 Å². The summed E-state index contributed by atoms with van der Waals surface area (Å²) in [7, 11) is 0. The number of nitro groups is 1. The number of nitrogens with zero attached hydrogens (tertiary/aromatic N) is 2. The third kappa shape index (κ3) is 7.05. The van der Waals surface area contributed by atoms with Crippen LogP contribution in [-0.4, -0.2) is 17.4 Å². The lowest BCUT2D eigenvalue weighted by atomic mass is 10.1. The Morgan fingerprint density at radius 3 is 2.58 bits per heavy atom. The van der Waals surface area contributed by atoms with Crippen molar-refractivity contribution < 1.29 is 19.2 Å². The number of hydrogen-bond donors (Lipinski definition) is 1. The molecule has 3 aromatic rings. The first-order valence-electron chi connectivity index (χ1n) is 11.1. The number of nitriles is 1. The number of ether oxygens (including phenoxy) is 2. The Kier molecular flexibility index (Phi) is 9.41. The van der Waals surface area contributed by atoms with Crippen molar-refractivity contribution in [2.75, 3.05) is 6.61 Å². The predicted molar refractivity (Wildman–Crippen MR) is 144 cm³/mol. The van der Waals surface area contributed by atoms with Crippen LogP contribution in [0.5, 0.6) is 11.5 Å². The van der Waals surface area contributed by atoms with Crippen molar-refractivity contribution in [1.29, 1.82) is 5.26 Å². The molecule has 3 aromatic carbocycles. The Morgan fingerprint density at radius 1 is 1.17 bits per heavy atom. The van der Waals surface area contributed by atoms with Crippen LogP contribution in [0.4, 0.5) is 5.69 Å². The van der Waals surface area contributed by atoms with Gasteiger partial charge in [0.1, 0.15) is 18.2 Å². The van der Waals surface area contributed by atoms with E-state index in [0.29, 0.717) is 32.8 Å². The first kappa shape index (κ1) is 26.7. The topological polar surface area (TPSA) is 114 Å². The fraction of sp³-hybridized carbons (Fsp3) is 0.185. The van der Waals surface area contributed by atoms with Crippen molar-refractivity contribution in [3.63, 3.8) is 0 Å². The van der Waals surface area contributed by atoms with Gasteiger partial charge in [-0.2, -0.15) is 5.26 Å². The van der Waals surface area contributed by atoms with Crippen LogP contribution >= 0.6 is 22.6 Å². The molecule has 0 saturated carbocycles. The molecule has 0 heterocycles. The van der Waals surface area contributed by atoms with Gasteiger partial charge >= 0.3 is 0 Å². The molecule has 184 valence electrons. The lowest BCUT2D eigenvalue weighted by Gasteiger charge is -2.15. The molecule has 0 unspecified atom stereocenters. The number of rotatable bonds is 10. The van der Waals surface area contributed by atoms with Crippen LogP contribution in [0.1, 0.15) is 36.6 Å². The number of benzene rings is 3. The van der Waals surface area contributed by atoms with Gasteiger partial charge in [-0.05, 0) is 71.3 Å². The molecule has 8 nitrogen and oxygen atoms in total. The van der Waals surface area contributed by atoms with Crippen LogP contribution in [0.3, 0.4) is 0 Å². The molecular formula is C27H24IN3O5. The van der Waals surface area contributed by atoms with Crippen molar-refractivity contribution in [3.8, 4) is 17.6 Å². The Morgan fingerprint density at radius 2 is 1.92 bits per heavy atom. The summed E-state index contributed by atoms with van der Waals surface area (Å²) in [6.07, 6.45) is 1.50. The summed E-state index contributed by atoms with van der Waals surface area (Å²) in [5.41, 5.74) is 2.12. The zero-order chi connectivity index (χ0) is 26.1. The van der Waals surface area contributed by atoms with Gasteiger partial charge in [-0.15, -0.1) is 0 Å². The van der Waals surface area contributed by atoms with Gasteiger partial charge in [0.05, 0.1) is 21.1 Å². The minimum atomic E-state index is -0.479. The maximum atomic E-state index is 12.8. The smallest absolute Gasteiger partial charge is 0.269 e. The van der Waals surface area contributed by atoms with Crippen molar-refractivity contribution in [2.24, 2.45) is 0 Å². The van der Waals surface area contributed by atoms with Crippen LogP contribution in [0.2, 0.25) is 0 Å². The SMILES string of the molecule is CCOc1cc(/C=C(/C#N)C(=O)N[C@H](C)c2ccccc2)cc(I)c1OCc1cccc([N+](=O)[O-])c1. The monoisotopic (exact) mass is 597 g/mol. The van der Waals surface area contributed by atoms with Crippen molar-refractivity contribution in [2.45, 2.75) is 26.5 Å². The van der Waals surface area contributed by atoms with Crippen molar-refractivity contribution in [3.05, 3.63) is 103 Å². The van der Waals surface area contributed by atoms with E-state index in [4.69, 9.17) is 9.47 Å². The van der Waals surface area contributed by atoms with Crippen LogP contribution in [0.15, 0.2) is 72.3 Å². The van der Waals surface area contributed by atoms with E-state index in [1.54, 1.807) is 24.3 Å². The van der Waals surface area contributed by atoms with Crippen molar-refractivity contribution in [1.82, 2.24) is 5.32 Å². The van der Waals surface area contributed by atoms with Crippen LogP contribution in [0.25, 0.3) is 6.08 Å². The van der Waals surface area contributed by atoms with E-state index in [0.717, 1.165) is 5.56 Å². The second-order valence-electron chi connectivity index (χ2n) is 7.75. The summed E-state index contributed by atoms with van der Waals surface area (Å²) < 4.78 is 12.4. The predicted octanol–water partition coefficient (Wildman–Crippen LogP) is 5.96. The number of halogens is 1. The number of amides is 1. The van der Waals surface area contributed by atoms with Gasteiger partial charge in [0.2, 0.25) is 0 Å². The fourth-order valence-corrected chi connectivity index (χ4v) is 4.19. The number of hydrogen-bond acceptors (Lipinski definition) is 6. The Balaban J connectivity index is 1.82. The molecule has 0 radical (unpaired) electrons. The Hall–Kier alpha value is -3.91. The molecule has 1 amide bonds. The summed E-state index contributed by atoms with van der Waals surface area (Å²) >= 11 is 2.09. The first-order chi connectivity index (χ1) is 17.3. The highest BCUT2D eigenvalue weighted by Crippen LogP contribution is 2.35. The third-order valence-electron chi connectivity index (χ3n) is 5.16. The Bertz CT molecular complexity index is 1320. The third-order valence-corrected chi connectivity index (χ3v) is 5.96. The van der Waals surface area contributed by atoms with Crippen LogP contribution in [0, 0.1) is 25.0 Å². The molecule has 0 aliphatic heterocycles. The number of non-ortho nitro benzene ring substituents is 1. The van der Waals surface area contributed by atoms with Gasteiger partial charge in [0, 0.05) is 12.1 Å². The number of nitrogens with one attached hydrogen (secondary N) is 1. The quantitative estimate of drug-likeness (QED) is 0.101. The minimum Gasteiger partial charge on any atom is -0.490 e. The summed E-state index contributed by atoms with van der Waals surface area (Å²) in [5.74, 6) is 0.436. The second kappa shape index (κ2) is 12.7.